The number of nitrogen functional groups attached to an aromatic ring is 1. The summed E-state index contributed by atoms with van der Waals surface area (Å²) in [7, 11) is 1.60. The minimum atomic E-state index is 0.581. The molecule has 5 heteroatoms. The number of hydrogen-bond acceptors (Lipinski definition) is 4. The van der Waals surface area contributed by atoms with Gasteiger partial charge in [-0.05, 0) is 36.8 Å². The highest BCUT2D eigenvalue weighted by Crippen LogP contribution is 2.31. The van der Waals surface area contributed by atoms with Gasteiger partial charge in [0.1, 0.15) is 5.75 Å². The molecule has 94 valence electrons. The quantitative estimate of drug-likeness (QED) is 0.891. The first kappa shape index (κ1) is 12.5. The van der Waals surface area contributed by atoms with Gasteiger partial charge in [0, 0.05) is 11.2 Å². The van der Waals surface area contributed by atoms with E-state index < -0.39 is 0 Å². The second-order valence-electron chi connectivity index (χ2n) is 3.92. The van der Waals surface area contributed by atoms with E-state index >= 15 is 0 Å². The van der Waals surface area contributed by atoms with Crippen LogP contribution in [0.15, 0.2) is 30.5 Å². The molecule has 2 rings (SSSR count). The van der Waals surface area contributed by atoms with Crippen molar-refractivity contribution in [1.29, 1.82) is 0 Å². The van der Waals surface area contributed by atoms with E-state index in [1.807, 2.05) is 13.0 Å². The Labute approximate surface area is 111 Å². The molecule has 1 heterocycles. The number of benzene rings is 1. The van der Waals surface area contributed by atoms with Gasteiger partial charge in [0.15, 0.2) is 5.82 Å². The normalized spacial score (nSPS) is 10.2. The van der Waals surface area contributed by atoms with Crippen molar-refractivity contribution < 1.29 is 4.74 Å². The molecule has 0 saturated carbocycles. The minimum Gasteiger partial charge on any atom is -0.495 e. The van der Waals surface area contributed by atoms with Crippen LogP contribution in [-0.2, 0) is 0 Å². The Balaban J connectivity index is 2.36. The number of aromatic nitrogens is 1. The van der Waals surface area contributed by atoms with E-state index in [2.05, 4.69) is 10.3 Å². The lowest BCUT2D eigenvalue weighted by atomic mass is 10.2. The Morgan fingerprint density at radius 1 is 1.33 bits per heavy atom. The summed E-state index contributed by atoms with van der Waals surface area (Å²) in [6.45, 7) is 1.94. The van der Waals surface area contributed by atoms with Crippen LogP contribution in [0.1, 0.15) is 5.56 Å². The van der Waals surface area contributed by atoms with Crippen LogP contribution >= 0.6 is 11.6 Å². The summed E-state index contributed by atoms with van der Waals surface area (Å²) in [5.74, 6) is 1.27. The number of anilines is 3. The van der Waals surface area contributed by atoms with E-state index in [-0.39, 0.29) is 0 Å². The van der Waals surface area contributed by atoms with Gasteiger partial charge in [-0.1, -0.05) is 11.6 Å². The van der Waals surface area contributed by atoms with Crippen LogP contribution in [-0.4, -0.2) is 12.1 Å². The Hall–Kier alpha value is -1.94. The molecule has 0 radical (unpaired) electrons. The molecule has 4 nitrogen and oxygen atoms in total. The molecule has 0 bridgehead atoms. The zero-order chi connectivity index (χ0) is 13.1. The molecule has 3 N–H and O–H groups in total. The Bertz CT molecular complexity index is 572. The van der Waals surface area contributed by atoms with Crippen molar-refractivity contribution >= 4 is 28.8 Å². The van der Waals surface area contributed by atoms with Gasteiger partial charge in [-0.25, -0.2) is 4.98 Å². The van der Waals surface area contributed by atoms with Crippen molar-refractivity contribution in [3.8, 4) is 5.75 Å². The van der Waals surface area contributed by atoms with Crippen LogP contribution in [0.25, 0.3) is 0 Å². The van der Waals surface area contributed by atoms with E-state index in [0.29, 0.717) is 22.3 Å². The van der Waals surface area contributed by atoms with Crippen LogP contribution in [0.3, 0.4) is 0 Å². The molecule has 0 aliphatic heterocycles. The summed E-state index contributed by atoms with van der Waals surface area (Å²) in [6.07, 6.45) is 1.75. The highest BCUT2D eigenvalue weighted by Gasteiger charge is 2.07. The van der Waals surface area contributed by atoms with Crippen LogP contribution in [0.5, 0.6) is 5.75 Å². The zero-order valence-corrected chi connectivity index (χ0v) is 11.0. The van der Waals surface area contributed by atoms with Crippen LogP contribution in [0.4, 0.5) is 17.2 Å². The monoisotopic (exact) mass is 263 g/mol. The van der Waals surface area contributed by atoms with Gasteiger partial charge < -0.3 is 15.8 Å². The first-order valence-electron chi connectivity index (χ1n) is 5.43. The van der Waals surface area contributed by atoms with Gasteiger partial charge in [-0.3, -0.25) is 0 Å². The Morgan fingerprint density at radius 3 is 2.78 bits per heavy atom. The lowest BCUT2D eigenvalue weighted by molar-refractivity contribution is 0.417. The van der Waals surface area contributed by atoms with Crippen molar-refractivity contribution in [2.45, 2.75) is 6.92 Å². The number of nitrogens with zero attached hydrogens (tertiary/aromatic N) is 1. The summed E-state index contributed by atoms with van der Waals surface area (Å²) in [6, 6.07) is 7.17. The van der Waals surface area contributed by atoms with E-state index in [1.54, 1.807) is 31.5 Å². The molecule has 0 aliphatic carbocycles. The minimum absolute atomic E-state index is 0.581. The highest BCUT2D eigenvalue weighted by molar-refractivity contribution is 6.31. The first-order chi connectivity index (χ1) is 8.60. The summed E-state index contributed by atoms with van der Waals surface area (Å²) < 4.78 is 5.25. The summed E-state index contributed by atoms with van der Waals surface area (Å²) in [5.41, 5.74) is 8.22. The molecular weight excluding hydrogens is 250 g/mol. The third-order valence-corrected chi connectivity index (χ3v) is 2.70. The number of hydrogen-bond donors (Lipinski definition) is 2. The van der Waals surface area contributed by atoms with Gasteiger partial charge >= 0.3 is 0 Å². The molecule has 0 spiro atoms. The van der Waals surface area contributed by atoms with Crippen molar-refractivity contribution in [2.75, 3.05) is 18.2 Å². The van der Waals surface area contributed by atoms with E-state index in [1.165, 1.54) is 0 Å². The van der Waals surface area contributed by atoms with Gasteiger partial charge in [0.25, 0.3) is 0 Å². The molecule has 0 atom stereocenters. The molecule has 0 unspecified atom stereocenters. The van der Waals surface area contributed by atoms with Gasteiger partial charge in [-0.2, -0.15) is 0 Å². The SMILES string of the molecule is COc1ccc(Cl)cc1Nc1ncc(C)cc1N. The van der Waals surface area contributed by atoms with Crippen molar-refractivity contribution in [2.24, 2.45) is 0 Å². The number of methoxy groups -OCH3 is 1. The fourth-order valence-electron chi connectivity index (χ4n) is 1.60. The third kappa shape index (κ3) is 2.65. The molecule has 0 saturated heterocycles. The maximum Gasteiger partial charge on any atom is 0.153 e. The standard InChI is InChI=1S/C13H14ClN3O/c1-8-5-10(15)13(16-7-8)17-11-6-9(14)3-4-12(11)18-2/h3-7H,15H2,1-2H3,(H,16,17). The molecule has 1 aromatic carbocycles. The Kier molecular flexibility index (Phi) is 3.58. The largest absolute Gasteiger partial charge is 0.495 e. The molecule has 0 amide bonds. The fraction of sp³-hybridized carbons (Fsp3) is 0.154. The molecule has 1 aromatic heterocycles. The number of ether oxygens (including phenoxy) is 1. The number of rotatable bonds is 3. The van der Waals surface area contributed by atoms with Gasteiger partial charge in [0.05, 0.1) is 18.5 Å². The second kappa shape index (κ2) is 5.14. The average molecular weight is 264 g/mol. The maximum atomic E-state index is 5.96. The van der Waals surface area contributed by atoms with Crippen molar-refractivity contribution in [3.05, 3.63) is 41.0 Å². The number of nitrogens with one attached hydrogen (secondary N) is 1. The predicted molar refractivity (Wildman–Crippen MR) is 74.7 cm³/mol. The molecule has 0 fully saturated rings. The summed E-state index contributed by atoms with van der Waals surface area (Å²) in [4.78, 5) is 4.24. The highest BCUT2D eigenvalue weighted by atomic mass is 35.5. The zero-order valence-electron chi connectivity index (χ0n) is 10.2. The van der Waals surface area contributed by atoms with Crippen LogP contribution < -0.4 is 15.8 Å². The molecule has 0 aliphatic rings. The van der Waals surface area contributed by atoms with Crippen molar-refractivity contribution in [3.63, 3.8) is 0 Å². The van der Waals surface area contributed by atoms with E-state index in [4.69, 9.17) is 22.1 Å². The number of halogens is 1. The summed E-state index contributed by atoms with van der Waals surface area (Å²) >= 11 is 5.96. The van der Waals surface area contributed by atoms with Crippen molar-refractivity contribution in [1.82, 2.24) is 4.98 Å². The predicted octanol–water partition coefficient (Wildman–Crippen LogP) is 3.38. The number of nitrogens with two attached hydrogens (primary N) is 1. The van der Waals surface area contributed by atoms with Crippen LogP contribution in [0, 0.1) is 6.92 Å². The summed E-state index contributed by atoms with van der Waals surface area (Å²) in [5, 5.41) is 3.73. The number of aryl methyl sites for hydroxylation is 1. The van der Waals surface area contributed by atoms with Gasteiger partial charge in [-0.15, -0.1) is 0 Å². The topological polar surface area (TPSA) is 60.2 Å². The van der Waals surface area contributed by atoms with Crippen LogP contribution in [0.2, 0.25) is 5.02 Å². The van der Waals surface area contributed by atoms with E-state index in [9.17, 15) is 0 Å². The fourth-order valence-corrected chi connectivity index (χ4v) is 1.77. The third-order valence-electron chi connectivity index (χ3n) is 2.47. The lowest BCUT2D eigenvalue weighted by Crippen LogP contribution is -2.01. The maximum absolute atomic E-state index is 5.96. The molecular formula is C13H14ClN3O. The van der Waals surface area contributed by atoms with E-state index in [0.717, 1.165) is 11.3 Å². The Morgan fingerprint density at radius 2 is 2.11 bits per heavy atom. The molecule has 2 aromatic rings. The second-order valence-corrected chi connectivity index (χ2v) is 4.36. The van der Waals surface area contributed by atoms with Gasteiger partial charge in [0.2, 0.25) is 0 Å². The first-order valence-corrected chi connectivity index (χ1v) is 5.80. The molecule has 18 heavy (non-hydrogen) atoms. The number of pyridine rings is 1. The lowest BCUT2D eigenvalue weighted by Gasteiger charge is -2.12. The smallest absolute Gasteiger partial charge is 0.153 e. The average Bonchev–Trinajstić information content (AvgIpc) is 2.33.